The Labute approximate surface area is 94.3 Å². The van der Waals surface area contributed by atoms with Gasteiger partial charge >= 0.3 is 0 Å². The molecule has 1 aromatic carbocycles. The summed E-state index contributed by atoms with van der Waals surface area (Å²) in [5, 5.41) is 9.03. The second-order valence-electron chi connectivity index (χ2n) is 3.47. The molecule has 1 aromatic heterocycles. The molecule has 0 fully saturated rings. The Hall–Kier alpha value is -1.87. The van der Waals surface area contributed by atoms with Crippen molar-refractivity contribution in [2.24, 2.45) is 0 Å². The molecule has 0 bridgehead atoms. The van der Waals surface area contributed by atoms with Crippen LogP contribution in [0.1, 0.15) is 5.56 Å². The summed E-state index contributed by atoms with van der Waals surface area (Å²) in [7, 11) is 1.64. The standard InChI is InChI=1S/C13H13NO2/c1-16-13-4-2-11(3-5-13)12-6-10(9-15)7-14-8-12/h2-8,15H,9H2,1H3. The van der Waals surface area contributed by atoms with E-state index in [1.54, 1.807) is 19.5 Å². The van der Waals surface area contributed by atoms with Gasteiger partial charge in [-0.25, -0.2) is 0 Å². The second-order valence-corrected chi connectivity index (χ2v) is 3.47. The summed E-state index contributed by atoms with van der Waals surface area (Å²) in [6, 6.07) is 9.67. The fourth-order valence-electron chi connectivity index (χ4n) is 1.52. The number of aliphatic hydroxyl groups is 1. The van der Waals surface area contributed by atoms with E-state index in [-0.39, 0.29) is 6.61 Å². The number of pyridine rings is 1. The highest BCUT2D eigenvalue weighted by molar-refractivity contribution is 5.63. The largest absolute Gasteiger partial charge is 0.497 e. The minimum atomic E-state index is 0.0109. The molecular weight excluding hydrogens is 202 g/mol. The molecule has 2 rings (SSSR count). The molecule has 82 valence electrons. The Balaban J connectivity index is 2.34. The molecule has 0 aliphatic heterocycles. The number of ether oxygens (including phenoxy) is 1. The Morgan fingerprint density at radius 2 is 1.88 bits per heavy atom. The third-order valence-electron chi connectivity index (χ3n) is 2.40. The quantitative estimate of drug-likeness (QED) is 0.853. The van der Waals surface area contributed by atoms with Crippen LogP contribution >= 0.6 is 0 Å². The van der Waals surface area contributed by atoms with Crippen molar-refractivity contribution >= 4 is 0 Å². The smallest absolute Gasteiger partial charge is 0.118 e. The minimum Gasteiger partial charge on any atom is -0.497 e. The molecule has 1 N–H and O–H groups in total. The van der Waals surface area contributed by atoms with E-state index in [2.05, 4.69) is 4.98 Å². The summed E-state index contributed by atoms with van der Waals surface area (Å²) in [6.07, 6.45) is 3.44. The van der Waals surface area contributed by atoms with Crippen LogP contribution in [0.2, 0.25) is 0 Å². The van der Waals surface area contributed by atoms with E-state index in [0.29, 0.717) is 0 Å². The van der Waals surface area contributed by atoms with Gasteiger partial charge in [-0.2, -0.15) is 0 Å². The molecular formula is C13H13NO2. The van der Waals surface area contributed by atoms with E-state index < -0.39 is 0 Å². The van der Waals surface area contributed by atoms with Gasteiger partial charge in [0.1, 0.15) is 5.75 Å². The maximum Gasteiger partial charge on any atom is 0.118 e. The Kier molecular flexibility index (Phi) is 3.17. The van der Waals surface area contributed by atoms with Gasteiger partial charge in [0.2, 0.25) is 0 Å². The van der Waals surface area contributed by atoms with E-state index >= 15 is 0 Å². The third kappa shape index (κ3) is 2.20. The van der Waals surface area contributed by atoms with Crippen LogP contribution in [0.4, 0.5) is 0 Å². The lowest BCUT2D eigenvalue weighted by atomic mass is 10.1. The minimum absolute atomic E-state index is 0.0109. The molecule has 0 saturated carbocycles. The van der Waals surface area contributed by atoms with Crippen LogP contribution in [-0.2, 0) is 6.61 Å². The number of aliphatic hydroxyl groups excluding tert-OH is 1. The lowest BCUT2D eigenvalue weighted by Gasteiger charge is -2.04. The number of methoxy groups -OCH3 is 1. The number of hydrogen-bond acceptors (Lipinski definition) is 3. The molecule has 2 aromatic rings. The van der Waals surface area contributed by atoms with Crippen molar-refractivity contribution < 1.29 is 9.84 Å². The molecule has 0 spiro atoms. The van der Waals surface area contributed by atoms with Gasteiger partial charge in [-0.15, -0.1) is 0 Å². The fourth-order valence-corrected chi connectivity index (χ4v) is 1.52. The second kappa shape index (κ2) is 4.77. The first-order valence-electron chi connectivity index (χ1n) is 5.02. The maximum absolute atomic E-state index is 9.03. The fraction of sp³-hybridized carbons (Fsp3) is 0.154. The highest BCUT2D eigenvalue weighted by Crippen LogP contribution is 2.22. The summed E-state index contributed by atoms with van der Waals surface area (Å²) >= 11 is 0. The van der Waals surface area contributed by atoms with E-state index in [1.165, 1.54) is 0 Å². The molecule has 0 unspecified atom stereocenters. The van der Waals surface area contributed by atoms with Crippen LogP contribution < -0.4 is 4.74 Å². The number of nitrogens with zero attached hydrogens (tertiary/aromatic N) is 1. The van der Waals surface area contributed by atoms with Gasteiger partial charge < -0.3 is 9.84 Å². The number of aromatic nitrogens is 1. The van der Waals surface area contributed by atoms with Crippen LogP contribution in [-0.4, -0.2) is 17.2 Å². The molecule has 0 aliphatic carbocycles. The maximum atomic E-state index is 9.03. The lowest BCUT2D eigenvalue weighted by molar-refractivity contribution is 0.281. The summed E-state index contributed by atoms with van der Waals surface area (Å²) in [5.74, 6) is 0.829. The van der Waals surface area contributed by atoms with E-state index in [1.807, 2.05) is 30.3 Å². The van der Waals surface area contributed by atoms with Crippen LogP contribution in [0.25, 0.3) is 11.1 Å². The van der Waals surface area contributed by atoms with E-state index in [0.717, 1.165) is 22.4 Å². The van der Waals surface area contributed by atoms with Gasteiger partial charge in [0.15, 0.2) is 0 Å². The number of benzene rings is 1. The van der Waals surface area contributed by atoms with Crippen LogP contribution in [0.5, 0.6) is 5.75 Å². The summed E-state index contributed by atoms with van der Waals surface area (Å²) < 4.78 is 5.09. The first kappa shape index (κ1) is 10.6. The highest BCUT2D eigenvalue weighted by atomic mass is 16.5. The van der Waals surface area contributed by atoms with Crippen molar-refractivity contribution in [3.63, 3.8) is 0 Å². The average molecular weight is 215 g/mol. The topological polar surface area (TPSA) is 42.4 Å². The summed E-state index contributed by atoms with van der Waals surface area (Å²) in [4.78, 5) is 4.08. The zero-order valence-electron chi connectivity index (χ0n) is 9.05. The molecule has 3 nitrogen and oxygen atoms in total. The zero-order chi connectivity index (χ0) is 11.4. The van der Waals surface area contributed by atoms with Gasteiger partial charge in [0, 0.05) is 18.0 Å². The Bertz CT molecular complexity index is 466. The van der Waals surface area contributed by atoms with Gasteiger partial charge in [-0.05, 0) is 29.3 Å². The van der Waals surface area contributed by atoms with E-state index in [9.17, 15) is 0 Å². The van der Waals surface area contributed by atoms with Gasteiger partial charge in [-0.1, -0.05) is 12.1 Å². The SMILES string of the molecule is COc1ccc(-c2cncc(CO)c2)cc1. The molecule has 0 aliphatic rings. The molecule has 3 heteroatoms. The monoisotopic (exact) mass is 215 g/mol. The van der Waals surface area contributed by atoms with Crippen LogP contribution in [0, 0.1) is 0 Å². The first-order valence-corrected chi connectivity index (χ1v) is 5.02. The molecule has 0 amide bonds. The van der Waals surface area contributed by atoms with Crippen molar-refractivity contribution in [2.45, 2.75) is 6.61 Å². The van der Waals surface area contributed by atoms with Crippen molar-refractivity contribution in [1.29, 1.82) is 0 Å². The van der Waals surface area contributed by atoms with Gasteiger partial charge in [-0.3, -0.25) is 4.98 Å². The predicted molar refractivity (Wildman–Crippen MR) is 62.1 cm³/mol. The van der Waals surface area contributed by atoms with Crippen molar-refractivity contribution in [1.82, 2.24) is 4.98 Å². The van der Waals surface area contributed by atoms with E-state index in [4.69, 9.17) is 9.84 Å². The normalized spacial score (nSPS) is 10.1. The molecule has 0 radical (unpaired) electrons. The third-order valence-corrected chi connectivity index (χ3v) is 2.40. The van der Waals surface area contributed by atoms with Gasteiger partial charge in [0.25, 0.3) is 0 Å². The Morgan fingerprint density at radius 1 is 1.12 bits per heavy atom. The van der Waals surface area contributed by atoms with Crippen molar-refractivity contribution in [3.8, 4) is 16.9 Å². The Morgan fingerprint density at radius 3 is 2.50 bits per heavy atom. The van der Waals surface area contributed by atoms with Crippen molar-refractivity contribution in [2.75, 3.05) is 7.11 Å². The molecule has 1 heterocycles. The number of rotatable bonds is 3. The first-order chi connectivity index (χ1) is 7.83. The molecule has 0 saturated heterocycles. The van der Waals surface area contributed by atoms with Gasteiger partial charge in [0.05, 0.1) is 13.7 Å². The highest BCUT2D eigenvalue weighted by Gasteiger charge is 2.00. The zero-order valence-corrected chi connectivity index (χ0v) is 9.05. The average Bonchev–Trinajstić information content (AvgIpc) is 2.39. The summed E-state index contributed by atoms with van der Waals surface area (Å²) in [5.41, 5.74) is 2.87. The van der Waals surface area contributed by atoms with Crippen LogP contribution in [0.15, 0.2) is 42.7 Å². The predicted octanol–water partition coefficient (Wildman–Crippen LogP) is 2.25. The summed E-state index contributed by atoms with van der Waals surface area (Å²) in [6.45, 7) is 0.0109. The number of hydrogen-bond donors (Lipinski definition) is 1. The van der Waals surface area contributed by atoms with Crippen molar-refractivity contribution in [3.05, 3.63) is 48.3 Å². The van der Waals surface area contributed by atoms with Crippen LogP contribution in [0.3, 0.4) is 0 Å². The molecule has 0 atom stereocenters. The molecule has 16 heavy (non-hydrogen) atoms. The lowest BCUT2D eigenvalue weighted by Crippen LogP contribution is -1.87.